The Morgan fingerprint density at radius 2 is 0.881 bits per heavy atom. The molecule has 2 fully saturated rings. The number of ether oxygens (including phenoxy) is 2. The van der Waals surface area contributed by atoms with E-state index in [1.54, 1.807) is 12.1 Å². The number of esters is 2. The molecule has 59 heavy (non-hydrogen) atoms. The standard InChI is InChI=1S/C21H24F8O2.C20H24F6O2/c1-2-3-4-5-13-6-11-17(16(22)12-13)31-18(30)14-7-9-15(10-8-14)19(23,24)20(25,26)21(27,28)29;1-2-3-4-5-13-6-11-17(16(21)12-13)28-18(27)14-7-9-15(10-8-14)19(22,23)20(24,25)26/h6,11-12,14-15H,2-5,7-10H2,1H3;6,11-12,14-15H,2-5,7-10H2,1H3/t2*14-,15-. The molecule has 2 aliphatic carbocycles. The van der Waals surface area contributed by atoms with Crippen LogP contribution in [0.1, 0.15) is 115 Å². The van der Waals surface area contributed by atoms with Crippen LogP contribution in [-0.4, -0.2) is 42.1 Å². The molecular formula is C41H48F14O4. The second kappa shape index (κ2) is 20.8. The maximum absolute atomic E-state index is 14.2. The lowest BCUT2D eigenvalue weighted by Gasteiger charge is -2.37. The summed E-state index contributed by atoms with van der Waals surface area (Å²) in [5.74, 6) is -25.9. The second-order valence-corrected chi connectivity index (χ2v) is 15.2. The van der Waals surface area contributed by atoms with E-state index in [1.165, 1.54) is 24.3 Å². The highest BCUT2D eigenvalue weighted by Gasteiger charge is 2.75. The molecule has 0 N–H and O–H groups in total. The van der Waals surface area contributed by atoms with Crippen LogP contribution in [0.4, 0.5) is 61.5 Å². The van der Waals surface area contributed by atoms with Crippen molar-refractivity contribution >= 4 is 11.9 Å². The first kappa shape index (κ1) is 49.8. The van der Waals surface area contributed by atoms with Gasteiger partial charge in [0.2, 0.25) is 0 Å². The first-order valence-electron chi connectivity index (χ1n) is 19.6. The van der Waals surface area contributed by atoms with Gasteiger partial charge in [-0.2, -0.15) is 52.7 Å². The van der Waals surface area contributed by atoms with Crippen molar-refractivity contribution in [2.75, 3.05) is 0 Å². The largest absolute Gasteiger partial charge is 0.459 e. The normalized spacial score (nSPS) is 20.7. The van der Waals surface area contributed by atoms with E-state index >= 15 is 0 Å². The number of halogens is 14. The number of rotatable bonds is 15. The van der Waals surface area contributed by atoms with Gasteiger partial charge >= 0.3 is 42.1 Å². The number of hydrogen-bond acceptors (Lipinski definition) is 4. The van der Waals surface area contributed by atoms with Crippen LogP contribution in [0.2, 0.25) is 0 Å². The molecule has 0 heterocycles. The summed E-state index contributed by atoms with van der Waals surface area (Å²) in [6, 6.07) is 8.39. The molecule has 18 heteroatoms. The maximum Gasteiger partial charge on any atom is 0.459 e. The molecule has 2 saturated carbocycles. The molecule has 4 nitrogen and oxygen atoms in total. The first-order valence-corrected chi connectivity index (χ1v) is 19.6. The molecule has 334 valence electrons. The van der Waals surface area contributed by atoms with Gasteiger partial charge in [0, 0.05) is 11.8 Å². The van der Waals surface area contributed by atoms with Crippen molar-refractivity contribution in [1.82, 2.24) is 0 Å². The lowest BCUT2D eigenvalue weighted by molar-refractivity contribution is -0.367. The van der Waals surface area contributed by atoms with Crippen molar-refractivity contribution in [2.24, 2.45) is 23.7 Å². The average Bonchev–Trinajstić information content (AvgIpc) is 3.16. The smallest absolute Gasteiger partial charge is 0.423 e. The van der Waals surface area contributed by atoms with Crippen molar-refractivity contribution in [3.05, 3.63) is 59.2 Å². The van der Waals surface area contributed by atoms with Crippen molar-refractivity contribution in [3.8, 4) is 11.5 Å². The van der Waals surface area contributed by atoms with Gasteiger partial charge in [-0.1, -0.05) is 51.7 Å². The second-order valence-electron chi connectivity index (χ2n) is 15.2. The minimum atomic E-state index is -6.38. The summed E-state index contributed by atoms with van der Waals surface area (Å²) >= 11 is 0. The molecular weight excluding hydrogens is 822 g/mol. The van der Waals surface area contributed by atoms with Gasteiger partial charge in [-0.25, -0.2) is 8.78 Å². The fourth-order valence-electron chi connectivity index (χ4n) is 7.17. The highest BCUT2D eigenvalue weighted by molar-refractivity contribution is 5.75. The Morgan fingerprint density at radius 1 is 0.525 bits per heavy atom. The van der Waals surface area contributed by atoms with Gasteiger partial charge in [-0.15, -0.1) is 0 Å². The van der Waals surface area contributed by atoms with E-state index in [-0.39, 0.29) is 37.2 Å². The Kier molecular flexibility index (Phi) is 17.5. The SMILES string of the molecule is CCCCCc1ccc(OC(=O)[C@H]2CC[C@H](C(F)(F)C(F)(F)C(F)(F)F)CC2)c(F)c1.CCCCCc1ccc(OC(=O)[C@H]2CC[C@H](C(F)(F)C(F)(F)F)CC2)c(F)c1. The summed E-state index contributed by atoms with van der Waals surface area (Å²) in [5, 5.41) is 0. The topological polar surface area (TPSA) is 52.6 Å². The van der Waals surface area contributed by atoms with Crippen LogP contribution < -0.4 is 9.47 Å². The van der Waals surface area contributed by atoms with E-state index in [0.29, 0.717) is 12.8 Å². The third kappa shape index (κ3) is 12.9. The van der Waals surface area contributed by atoms with Crippen LogP contribution in [0.15, 0.2) is 36.4 Å². The van der Waals surface area contributed by atoms with Crippen LogP contribution in [0.25, 0.3) is 0 Å². The summed E-state index contributed by atoms with van der Waals surface area (Å²) in [6.07, 6.45) is -8.11. The quantitative estimate of drug-likeness (QED) is 0.0774. The molecule has 0 spiro atoms. The number of carbonyl (C=O) groups excluding carboxylic acids is 2. The molecule has 0 radical (unpaired) electrons. The molecule has 0 saturated heterocycles. The molecule has 0 amide bonds. The number of unbranched alkanes of at least 4 members (excludes halogenated alkanes) is 4. The van der Waals surface area contributed by atoms with Gasteiger partial charge < -0.3 is 9.47 Å². The maximum atomic E-state index is 14.2. The monoisotopic (exact) mass is 870 g/mol. The zero-order chi connectivity index (χ0) is 44.4. The van der Waals surface area contributed by atoms with Gasteiger partial charge in [-0.3, -0.25) is 9.59 Å². The predicted octanol–water partition coefficient (Wildman–Crippen LogP) is 13.6. The van der Waals surface area contributed by atoms with Crippen LogP contribution in [-0.2, 0) is 22.4 Å². The van der Waals surface area contributed by atoms with Crippen molar-refractivity contribution in [2.45, 2.75) is 147 Å². The van der Waals surface area contributed by atoms with Crippen molar-refractivity contribution in [3.63, 3.8) is 0 Å². The van der Waals surface area contributed by atoms with E-state index in [2.05, 4.69) is 6.92 Å². The number of hydrogen-bond donors (Lipinski definition) is 0. The van der Waals surface area contributed by atoms with Crippen LogP contribution in [0.5, 0.6) is 11.5 Å². The zero-order valence-corrected chi connectivity index (χ0v) is 32.5. The molecule has 2 aromatic carbocycles. The number of aryl methyl sites for hydroxylation is 2. The number of benzene rings is 2. The van der Waals surface area contributed by atoms with E-state index < -0.39 is 103 Å². The molecule has 2 aromatic rings. The van der Waals surface area contributed by atoms with Crippen molar-refractivity contribution in [1.29, 1.82) is 0 Å². The average molecular weight is 871 g/mol. The fraction of sp³-hybridized carbons (Fsp3) is 0.659. The van der Waals surface area contributed by atoms with Crippen molar-refractivity contribution < 1.29 is 80.5 Å². The minimum absolute atomic E-state index is 0.147. The van der Waals surface area contributed by atoms with Crippen LogP contribution >= 0.6 is 0 Å². The Bertz CT molecular complexity index is 1660. The van der Waals surface area contributed by atoms with Gasteiger partial charge in [0.25, 0.3) is 0 Å². The predicted molar refractivity (Wildman–Crippen MR) is 188 cm³/mol. The summed E-state index contributed by atoms with van der Waals surface area (Å²) in [7, 11) is 0. The lowest BCUT2D eigenvalue weighted by atomic mass is 9.77. The lowest BCUT2D eigenvalue weighted by Crippen LogP contribution is -2.56. The Labute approximate surface area is 333 Å². The highest BCUT2D eigenvalue weighted by Crippen LogP contribution is 2.53. The summed E-state index contributed by atoms with van der Waals surface area (Å²) < 4.78 is 194. The highest BCUT2D eigenvalue weighted by atomic mass is 19.4. The third-order valence-electron chi connectivity index (χ3n) is 10.9. The minimum Gasteiger partial charge on any atom is -0.423 e. The van der Waals surface area contributed by atoms with Gasteiger partial charge in [-0.05, 0) is 112 Å². The van der Waals surface area contributed by atoms with Gasteiger partial charge in [0.05, 0.1) is 11.8 Å². The van der Waals surface area contributed by atoms with E-state index in [1.807, 2.05) is 6.92 Å². The van der Waals surface area contributed by atoms with Gasteiger partial charge in [0.1, 0.15) is 0 Å². The number of carbonyl (C=O) groups is 2. The molecule has 0 atom stereocenters. The first-order chi connectivity index (χ1) is 27.4. The van der Waals surface area contributed by atoms with E-state index in [9.17, 15) is 71.1 Å². The zero-order valence-electron chi connectivity index (χ0n) is 32.5. The summed E-state index contributed by atoms with van der Waals surface area (Å²) in [4.78, 5) is 24.4. The van der Waals surface area contributed by atoms with E-state index in [0.717, 1.165) is 49.7 Å². The molecule has 0 bridgehead atoms. The molecule has 0 unspecified atom stereocenters. The summed E-state index contributed by atoms with van der Waals surface area (Å²) in [5.41, 5.74) is 1.50. The molecule has 4 rings (SSSR count). The van der Waals surface area contributed by atoms with E-state index in [4.69, 9.17) is 9.47 Å². The third-order valence-corrected chi connectivity index (χ3v) is 10.9. The molecule has 0 aromatic heterocycles. The Hall–Kier alpha value is -3.60. The molecule has 0 aliphatic heterocycles. The Morgan fingerprint density at radius 3 is 1.19 bits per heavy atom. The number of alkyl halides is 12. The molecule has 2 aliphatic rings. The fourth-order valence-corrected chi connectivity index (χ4v) is 7.17. The summed E-state index contributed by atoms with van der Waals surface area (Å²) in [6.45, 7) is 4.08. The van der Waals surface area contributed by atoms with Crippen LogP contribution in [0.3, 0.4) is 0 Å². The van der Waals surface area contributed by atoms with Crippen LogP contribution in [0, 0.1) is 35.3 Å². The Balaban J connectivity index is 0.000000317. The van der Waals surface area contributed by atoms with Gasteiger partial charge in [0.15, 0.2) is 23.1 Å².